The third-order valence-corrected chi connectivity index (χ3v) is 3.04. The molecule has 2 heterocycles. The maximum absolute atomic E-state index is 4.50. The molecule has 0 spiro atoms. The van der Waals surface area contributed by atoms with Gasteiger partial charge in [-0.15, -0.1) is 11.8 Å². The fraction of sp³-hybridized carbons (Fsp3) is 0.111. The lowest BCUT2D eigenvalue weighted by molar-refractivity contribution is 1.36. The first-order valence-corrected chi connectivity index (χ1v) is 6.36. The van der Waals surface area contributed by atoms with Crippen molar-refractivity contribution < 1.29 is 0 Å². The van der Waals surface area contributed by atoms with Crippen molar-refractivity contribution in [2.24, 2.45) is 0 Å². The summed E-state index contributed by atoms with van der Waals surface area (Å²) < 4.78 is 0. The minimum absolute atomic E-state index is 0.903. The van der Waals surface area contributed by atoms with E-state index in [0.29, 0.717) is 0 Å². The summed E-state index contributed by atoms with van der Waals surface area (Å²) in [5, 5.41) is 2.11. The van der Waals surface area contributed by atoms with Crippen LogP contribution in [-0.4, -0.2) is 9.97 Å². The van der Waals surface area contributed by atoms with Crippen molar-refractivity contribution in [3.63, 3.8) is 0 Å². The highest BCUT2D eigenvalue weighted by Crippen LogP contribution is 2.23. The lowest BCUT2D eigenvalue weighted by atomic mass is 10.1. The molecule has 0 N–H and O–H groups in total. The Bertz CT molecular complexity index is 853. The summed E-state index contributed by atoms with van der Waals surface area (Å²) in [6, 6.07) is 8.19. The molecular formula is C18H12N2. The van der Waals surface area contributed by atoms with E-state index in [1.807, 2.05) is 26.0 Å². The van der Waals surface area contributed by atoms with E-state index in [9.17, 15) is 0 Å². The van der Waals surface area contributed by atoms with Crippen molar-refractivity contribution in [1.82, 2.24) is 9.97 Å². The summed E-state index contributed by atoms with van der Waals surface area (Å²) >= 11 is 0. The molecule has 0 aliphatic carbocycles. The van der Waals surface area contributed by atoms with Gasteiger partial charge in [-0.1, -0.05) is 24.0 Å². The lowest BCUT2D eigenvalue weighted by Gasteiger charge is -2.03. The van der Waals surface area contributed by atoms with Gasteiger partial charge in [0.1, 0.15) is 0 Å². The van der Waals surface area contributed by atoms with Crippen LogP contribution < -0.4 is 0 Å². The molecule has 2 aromatic heterocycles. The first kappa shape index (κ1) is 12.2. The van der Waals surface area contributed by atoms with Crippen LogP contribution in [0.2, 0.25) is 0 Å². The third kappa shape index (κ3) is 2.09. The highest BCUT2D eigenvalue weighted by Gasteiger charge is 2.04. The summed E-state index contributed by atoms with van der Waals surface area (Å²) in [4.78, 5) is 9.01. The van der Waals surface area contributed by atoms with Crippen LogP contribution in [0.25, 0.3) is 21.8 Å². The zero-order valence-corrected chi connectivity index (χ0v) is 11.4. The van der Waals surface area contributed by atoms with Gasteiger partial charge in [0.05, 0.1) is 11.0 Å². The topological polar surface area (TPSA) is 25.8 Å². The van der Waals surface area contributed by atoms with E-state index >= 15 is 0 Å². The minimum Gasteiger partial charge on any atom is -0.253 e. The van der Waals surface area contributed by atoms with Crippen LogP contribution in [0, 0.1) is 23.7 Å². The Morgan fingerprint density at radius 1 is 0.750 bits per heavy atom. The molecule has 2 heteroatoms. The Morgan fingerprint density at radius 3 is 1.60 bits per heavy atom. The second-order valence-corrected chi connectivity index (χ2v) is 4.41. The molecule has 20 heavy (non-hydrogen) atoms. The maximum Gasteiger partial charge on any atom is 0.0965 e. The van der Waals surface area contributed by atoms with Crippen LogP contribution in [0.15, 0.2) is 36.7 Å². The van der Waals surface area contributed by atoms with Crippen LogP contribution >= 0.6 is 0 Å². The monoisotopic (exact) mass is 256 g/mol. The summed E-state index contributed by atoms with van der Waals surface area (Å²) in [5.74, 6) is 11.8. The van der Waals surface area contributed by atoms with Crippen molar-refractivity contribution in [3.05, 3.63) is 47.8 Å². The molecule has 0 aliphatic rings. The largest absolute Gasteiger partial charge is 0.253 e. The molecule has 2 nitrogen and oxygen atoms in total. The quantitative estimate of drug-likeness (QED) is 0.454. The molecule has 3 rings (SSSR count). The van der Waals surface area contributed by atoms with Crippen molar-refractivity contribution in [2.45, 2.75) is 13.8 Å². The molecule has 0 aliphatic heterocycles. The lowest BCUT2D eigenvalue weighted by Crippen LogP contribution is -1.88. The minimum atomic E-state index is 0.903. The van der Waals surface area contributed by atoms with Crippen LogP contribution in [0.3, 0.4) is 0 Å². The van der Waals surface area contributed by atoms with Gasteiger partial charge in [0.25, 0.3) is 0 Å². The number of fused-ring (bicyclic) bond motifs is 3. The number of pyridine rings is 2. The fourth-order valence-electron chi connectivity index (χ4n) is 2.22. The Labute approximate surface area is 117 Å². The summed E-state index contributed by atoms with van der Waals surface area (Å²) in [6.07, 6.45) is 3.58. The fourth-order valence-corrected chi connectivity index (χ4v) is 2.22. The van der Waals surface area contributed by atoms with Gasteiger partial charge < -0.3 is 0 Å². The molecule has 0 bridgehead atoms. The van der Waals surface area contributed by atoms with E-state index in [0.717, 1.165) is 32.9 Å². The molecule has 0 radical (unpaired) electrons. The predicted molar refractivity (Wildman–Crippen MR) is 82.1 cm³/mol. The number of hydrogen-bond acceptors (Lipinski definition) is 2. The summed E-state index contributed by atoms with van der Waals surface area (Å²) in [6.45, 7) is 3.64. The number of benzene rings is 1. The molecule has 3 aromatic rings. The van der Waals surface area contributed by atoms with Crippen molar-refractivity contribution in [3.8, 4) is 23.7 Å². The highest BCUT2D eigenvalue weighted by molar-refractivity contribution is 6.03. The van der Waals surface area contributed by atoms with Crippen molar-refractivity contribution in [2.75, 3.05) is 0 Å². The first-order valence-electron chi connectivity index (χ1n) is 6.36. The Hall–Kier alpha value is -2.84. The van der Waals surface area contributed by atoms with Crippen LogP contribution in [0.1, 0.15) is 25.0 Å². The van der Waals surface area contributed by atoms with E-state index in [4.69, 9.17) is 0 Å². The van der Waals surface area contributed by atoms with Gasteiger partial charge in [0, 0.05) is 34.3 Å². The first-order chi connectivity index (χ1) is 9.81. The molecule has 0 amide bonds. The number of hydrogen-bond donors (Lipinski definition) is 0. The molecular weight excluding hydrogens is 244 g/mol. The molecule has 0 fully saturated rings. The van der Waals surface area contributed by atoms with E-state index in [1.54, 1.807) is 12.4 Å². The van der Waals surface area contributed by atoms with Gasteiger partial charge in [0.2, 0.25) is 0 Å². The molecule has 0 atom stereocenters. The van der Waals surface area contributed by atoms with Gasteiger partial charge in [0.15, 0.2) is 0 Å². The molecule has 94 valence electrons. The zero-order valence-electron chi connectivity index (χ0n) is 11.4. The number of aromatic nitrogens is 2. The molecule has 0 unspecified atom stereocenters. The van der Waals surface area contributed by atoms with Gasteiger partial charge in [-0.25, -0.2) is 0 Å². The Morgan fingerprint density at radius 2 is 1.20 bits per heavy atom. The third-order valence-electron chi connectivity index (χ3n) is 3.04. The van der Waals surface area contributed by atoms with Crippen LogP contribution in [0.5, 0.6) is 0 Å². The van der Waals surface area contributed by atoms with Crippen LogP contribution in [0.4, 0.5) is 0 Å². The van der Waals surface area contributed by atoms with E-state index < -0.39 is 0 Å². The average Bonchev–Trinajstić information content (AvgIpc) is 2.47. The number of nitrogens with zero attached hydrogens (tertiary/aromatic N) is 2. The maximum atomic E-state index is 4.50. The standard InChI is InChI=1S/C18H12N2/c1-3-5-13-9-15-7-8-16-10-14(6-4-2)12-20-18(16)17(15)19-11-13/h7-12H,1-2H3. The zero-order chi connectivity index (χ0) is 13.9. The van der Waals surface area contributed by atoms with Crippen LogP contribution in [-0.2, 0) is 0 Å². The normalized spacial score (nSPS) is 9.70. The SMILES string of the molecule is CC#Cc1cnc2c(ccc3cc(C#CC)cnc32)c1. The van der Waals surface area contributed by atoms with Gasteiger partial charge >= 0.3 is 0 Å². The summed E-state index contributed by atoms with van der Waals surface area (Å²) in [5.41, 5.74) is 3.65. The summed E-state index contributed by atoms with van der Waals surface area (Å²) in [7, 11) is 0. The number of rotatable bonds is 0. The van der Waals surface area contributed by atoms with Gasteiger partial charge in [-0.2, -0.15) is 0 Å². The van der Waals surface area contributed by atoms with E-state index in [2.05, 4.69) is 45.8 Å². The predicted octanol–water partition coefficient (Wildman–Crippen LogP) is 3.53. The Kier molecular flexibility index (Phi) is 3.07. The van der Waals surface area contributed by atoms with Gasteiger partial charge in [-0.05, 0) is 26.0 Å². The highest BCUT2D eigenvalue weighted by atomic mass is 14.7. The van der Waals surface area contributed by atoms with Crippen molar-refractivity contribution in [1.29, 1.82) is 0 Å². The van der Waals surface area contributed by atoms with E-state index in [1.165, 1.54) is 0 Å². The average molecular weight is 256 g/mol. The molecule has 1 aromatic carbocycles. The van der Waals surface area contributed by atoms with Gasteiger partial charge in [-0.3, -0.25) is 9.97 Å². The second kappa shape index (κ2) is 5.03. The molecule has 0 saturated carbocycles. The Balaban J connectivity index is 2.29. The second-order valence-electron chi connectivity index (χ2n) is 4.41. The molecule has 0 saturated heterocycles. The smallest absolute Gasteiger partial charge is 0.0965 e. The van der Waals surface area contributed by atoms with E-state index in [-0.39, 0.29) is 0 Å². The van der Waals surface area contributed by atoms with Crippen molar-refractivity contribution >= 4 is 21.8 Å².